The largest absolute Gasteiger partial charge is 0.343 e. The highest BCUT2D eigenvalue weighted by atomic mass is 16.2. The van der Waals surface area contributed by atoms with Gasteiger partial charge in [0, 0.05) is 50.7 Å². The first-order chi connectivity index (χ1) is 12.6. The normalized spacial score (nSPS) is 14.9. The number of benzene rings is 1. The molecule has 0 saturated carbocycles. The van der Waals surface area contributed by atoms with Crippen molar-refractivity contribution in [3.63, 3.8) is 0 Å². The molecule has 0 atom stereocenters. The monoisotopic (exact) mass is 352 g/mol. The smallest absolute Gasteiger partial charge is 0.251 e. The SMILES string of the molecule is Cc1cccc(C(=O)NCC(=O)N2CCN(Cc3ccncc3)CC2)c1. The van der Waals surface area contributed by atoms with E-state index in [0.29, 0.717) is 18.7 Å². The molecule has 2 amide bonds. The molecule has 1 aromatic carbocycles. The molecule has 3 rings (SSSR count). The highest BCUT2D eigenvalue weighted by molar-refractivity contribution is 5.96. The number of hydrogen-bond donors (Lipinski definition) is 1. The van der Waals surface area contributed by atoms with Gasteiger partial charge < -0.3 is 10.2 Å². The van der Waals surface area contributed by atoms with Gasteiger partial charge in [0.2, 0.25) is 5.91 Å². The van der Waals surface area contributed by atoms with Gasteiger partial charge >= 0.3 is 0 Å². The van der Waals surface area contributed by atoms with Crippen LogP contribution >= 0.6 is 0 Å². The predicted octanol–water partition coefficient (Wildman–Crippen LogP) is 1.46. The number of carbonyl (C=O) groups excluding carboxylic acids is 2. The number of hydrogen-bond acceptors (Lipinski definition) is 4. The Bertz CT molecular complexity index is 755. The summed E-state index contributed by atoms with van der Waals surface area (Å²) in [6.45, 7) is 5.88. The molecule has 1 N–H and O–H groups in total. The number of rotatable bonds is 5. The Morgan fingerprint density at radius 1 is 1.08 bits per heavy atom. The standard InChI is InChI=1S/C20H24N4O2/c1-16-3-2-4-18(13-16)20(26)22-14-19(25)24-11-9-23(10-12-24)15-17-5-7-21-8-6-17/h2-8,13H,9-12,14-15H2,1H3,(H,22,26). The fraction of sp³-hybridized carbons (Fsp3) is 0.350. The van der Waals surface area contributed by atoms with Gasteiger partial charge in [0.15, 0.2) is 0 Å². The summed E-state index contributed by atoms with van der Waals surface area (Å²) in [5, 5.41) is 2.72. The highest BCUT2D eigenvalue weighted by Gasteiger charge is 2.21. The highest BCUT2D eigenvalue weighted by Crippen LogP contribution is 2.08. The summed E-state index contributed by atoms with van der Waals surface area (Å²) < 4.78 is 0. The van der Waals surface area contributed by atoms with Crippen molar-refractivity contribution in [2.45, 2.75) is 13.5 Å². The number of nitrogens with one attached hydrogen (secondary N) is 1. The zero-order valence-corrected chi connectivity index (χ0v) is 15.0. The van der Waals surface area contributed by atoms with Crippen LogP contribution in [-0.4, -0.2) is 59.3 Å². The third kappa shape index (κ3) is 4.89. The van der Waals surface area contributed by atoms with E-state index < -0.39 is 0 Å². The van der Waals surface area contributed by atoms with E-state index >= 15 is 0 Å². The molecule has 0 unspecified atom stereocenters. The van der Waals surface area contributed by atoms with Gasteiger partial charge in [-0.1, -0.05) is 17.7 Å². The quantitative estimate of drug-likeness (QED) is 0.885. The lowest BCUT2D eigenvalue weighted by Crippen LogP contribution is -2.50. The molecule has 136 valence electrons. The van der Waals surface area contributed by atoms with Crippen molar-refractivity contribution in [1.82, 2.24) is 20.1 Å². The number of aromatic nitrogens is 1. The molecule has 1 aliphatic rings. The maximum atomic E-state index is 12.4. The van der Waals surface area contributed by atoms with E-state index in [1.807, 2.05) is 42.2 Å². The van der Waals surface area contributed by atoms with Gasteiger partial charge in [-0.25, -0.2) is 0 Å². The number of amides is 2. The van der Waals surface area contributed by atoms with Gasteiger partial charge in [-0.15, -0.1) is 0 Å². The van der Waals surface area contributed by atoms with Crippen molar-refractivity contribution in [2.75, 3.05) is 32.7 Å². The van der Waals surface area contributed by atoms with Crippen molar-refractivity contribution in [3.8, 4) is 0 Å². The zero-order chi connectivity index (χ0) is 18.4. The maximum Gasteiger partial charge on any atom is 0.251 e. The summed E-state index contributed by atoms with van der Waals surface area (Å²) in [4.78, 5) is 32.7. The lowest BCUT2D eigenvalue weighted by atomic mass is 10.1. The number of piperazine rings is 1. The average molecular weight is 352 g/mol. The molecule has 0 bridgehead atoms. The van der Waals surface area contributed by atoms with E-state index in [0.717, 1.165) is 25.2 Å². The van der Waals surface area contributed by atoms with E-state index in [-0.39, 0.29) is 18.4 Å². The Kier molecular flexibility index (Phi) is 5.96. The molecular formula is C20H24N4O2. The molecule has 1 aromatic heterocycles. The molecule has 0 radical (unpaired) electrons. The maximum absolute atomic E-state index is 12.4. The molecule has 0 aliphatic carbocycles. The molecule has 6 nitrogen and oxygen atoms in total. The van der Waals surface area contributed by atoms with E-state index in [4.69, 9.17) is 0 Å². The van der Waals surface area contributed by atoms with E-state index in [1.165, 1.54) is 5.56 Å². The van der Waals surface area contributed by atoms with Crippen LogP contribution in [0.5, 0.6) is 0 Å². The first kappa shape index (κ1) is 18.1. The molecule has 1 saturated heterocycles. The molecule has 26 heavy (non-hydrogen) atoms. The summed E-state index contributed by atoms with van der Waals surface area (Å²) in [7, 11) is 0. The zero-order valence-electron chi connectivity index (χ0n) is 15.0. The second kappa shape index (κ2) is 8.58. The van der Waals surface area contributed by atoms with Crippen LogP contribution in [0.4, 0.5) is 0 Å². The molecular weight excluding hydrogens is 328 g/mol. The van der Waals surface area contributed by atoms with Gasteiger partial charge in [-0.2, -0.15) is 0 Å². The molecule has 1 aliphatic heterocycles. The molecule has 6 heteroatoms. The van der Waals surface area contributed by atoms with Gasteiger partial charge in [-0.05, 0) is 36.8 Å². The lowest BCUT2D eigenvalue weighted by molar-refractivity contribution is -0.131. The summed E-state index contributed by atoms with van der Waals surface area (Å²) in [6, 6.07) is 11.4. The van der Waals surface area contributed by atoms with Crippen LogP contribution in [0.15, 0.2) is 48.8 Å². The lowest BCUT2D eigenvalue weighted by Gasteiger charge is -2.34. The van der Waals surface area contributed by atoms with Gasteiger partial charge in [0.1, 0.15) is 0 Å². The van der Waals surface area contributed by atoms with E-state index in [2.05, 4.69) is 15.2 Å². The second-order valence-corrected chi connectivity index (χ2v) is 6.56. The van der Waals surface area contributed by atoms with Crippen LogP contribution < -0.4 is 5.32 Å². The first-order valence-corrected chi connectivity index (χ1v) is 8.86. The minimum atomic E-state index is -0.210. The summed E-state index contributed by atoms with van der Waals surface area (Å²) in [5.41, 5.74) is 2.83. The van der Waals surface area contributed by atoms with Crippen LogP contribution in [0.25, 0.3) is 0 Å². The van der Waals surface area contributed by atoms with E-state index in [9.17, 15) is 9.59 Å². The van der Waals surface area contributed by atoms with Crippen molar-refractivity contribution >= 4 is 11.8 Å². The first-order valence-electron chi connectivity index (χ1n) is 8.86. The van der Waals surface area contributed by atoms with Gasteiger partial charge in [0.05, 0.1) is 6.54 Å². The van der Waals surface area contributed by atoms with Crippen molar-refractivity contribution in [2.24, 2.45) is 0 Å². The topological polar surface area (TPSA) is 65.5 Å². The number of pyridine rings is 1. The third-order valence-electron chi connectivity index (χ3n) is 4.56. The minimum absolute atomic E-state index is 0.0328. The Labute approximate surface area is 153 Å². The van der Waals surface area contributed by atoms with Crippen LogP contribution in [0.3, 0.4) is 0 Å². The molecule has 0 spiro atoms. The molecule has 1 fully saturated rings. The van der Waals surface area contributed by atoms with Crippen LogP contribution in [0.1, 0.15) is 21.5 Å². The Morgan fingerprint density at radius 2 is 1.81 bits per heavy atom. The fourth-order valence-corrected chi connectivity index (χ4v) is 3.06. The van der Waals surface area contributed by atoms with Crippen molar-refractivity contribution in [3.05, 3.63) is 65.5 Å². The number of aryl methyl sites for hydroxylation is 1. The third-order valence-corrected chi connectivity index (χ3v) is 4.56. The molecule has 2 aromatic rings. The number of nitrogens with zero attached hydrogens (tertiary/aromatic N) is 3. The van der Waals surface area contributed by atoms with Gasteiger partial charge in [0.25, 0.3) is 5.91 Å². The van der Waals surface area contributed by atoms with Gasteiger partial charge in [-0.3, -0.25) is 19.5 Å². The Balaban J connectivity index is 1.43. The summed E-state index contributed by atoms with van der Waals surface area (Å²) in [6.07, 6.45) is 3.60. The van der Waals surface area contributed by atoms with Crippen LogP contribution in [-0.2, 0) is 11.3 Å². The average Bonchev–Trinajstić information content (AvgIpc) is 2.67. The minimum Gasteiger partial charge on any atom is -0.343 e. The number of carbonyl (C=O) groups is 2. The van der Waals surface area contributed by atoms with E-state index in [1.54, 1.807) is 18.5 Å². The summed E-state index contributed by atoms with van der Waals surface area (Å²) >= 11 is 0. The fourth-order valence-electron chi connectivity index (χ4n) is 3.06. The van der Waals surface area contributed by atoms with Crippen molar-refractivity contribution in [1.29, 1.82) is 0 Å². The summed E-state index contributed by atoms with van der Waals surface area (Å²) in [5.74, 6) is -0.243. The Hall–Kier alpha value is -2.73. The predicted molar refractivity (Wildman–Crippen MR) is 99.6 cm³/mol. The van der Waals surface area contributed by atoms with Crippen LogP contribution in [0, 0.1) is 6.92 Å². The molecule has 2 heterocycles. The van der Waals surface area contributed by atoms with Crippen LogP contribution in [0.2, 0.25) is 0 Å². The van der Waals surface area contributed by atoms with Crippen molar-refractivity contribution < 1.29 is 9.59 Å². The second-order valence-electron chi connectivity index (χ2n) is 6.56. The Morgan fingerprint density at radius 3 is 2.50 bits per heavy atom.